The van der Waals surface area contributed by atoms with Gasteiger partial charge in [-0.05, 0) is 56.5 Å². The van der Waals surface area contributed by atoms with Gasteiger partial charge in [-0.15, -0.1) is 11.8 Å². The number of hydrogen-bond donors (Lipinski definition) is 1. The van der Waals surface area contributed by atoms with Crippen molar-refractivity contribution in [2.24, 2.45) is 0 Å². The predicted molar refractivity (Wildman–Crippen MR) is 139 cm³/mol. The van der Waals surface area contributed by atoms with Gasteiger partial charge in [-0.1, -0.05) is 36.4 Å². The van der Waals surface area contributed by atoms with E-state index < -0.39 is 4.75 Å². The molecule has 1 N–H and O–H groups in total. The molecule has 0 unspecified atom stereocenters. The van der Waals surface area contributed by atoms with Crippen LogP contribution in [0.1, 0.15) is 42.2 Å². The summed E-state index contributed by atoms with van der Waals surface area (Å²) in [6.45, 7) is 2.76. The van der Waals surface area contributed by atoms with Crippen LogP contribution >= 0.6 is 11.8 Å². The Labute approximate surface area is 208 Å². The van der Waals surface area contributed by atoms with Crippen molar-refractivity contribution in [2.45, 2.75) is 42.4 Å². The second-order valence-corrected chi connectivity index (χ2v) is 10.1. The standard InChI is InChI=1S/C28H27N3O3S/c1-2-34-27(33)28(15-9-16-28)35-25-14-6-4-12-23(25)30-26(32)22-19-31(18-20-10-7-8-17-29-20)24-13-5-3-11-21(22)24/h3-8,10-14,17,19H,2,9,15-16,18H2,1H3,(H,30,32). The lowest BCUT2D eigenvalue weighted by molar-refractivity contribution is -0.148. The summed E-state index contributed by atoms with van der Waals surface area (Å²) in [5.41, 5.74) is 3.19. The molecule has 6 nitrogen and oxygen atoms in total. The number of esters is 1. The molecule has 0 radical (unpaired) electrons. The van der Waals surface area contributed by atoms with E-state index in [1.54, 1.807) is 6.20 Å². The third-order valence-electron chi connectivity index (χ3n) is 6.34. The highest BCUT2D eigenvalue weighted by atomic mass is 32.2. The van der Waals surface area contributed by atoms with E-state index in [0.29, 0.717) is 24.4 Å². The molecule has 1 amide bonds. The van der Waals surface area contributed by atoms with Gasteiger partial charge in [0.2, 0.25) is 0 Å². The first-order valence-corrected chi connectivity index (χ1v) is 12.7. The number of carbonyl (C=O) groups is 2. The molecule has 0 bridgehead atoms. The summed E-state index contributed by atoms with van der Waals surface area (Å²) in [5, 5.41) is 3.98. The summed E-state index contributed by atoms with van der Waals surface area (Å²) in [6, 6.07) is 21.4. The lowest BCUT2D eigenvalue weighted by Crippen LogP contribution is -2.43. The number of rotatable bonds is 8. The molecule has 0 aliphatic heterocycles. The minimum atomic E-state index is -0.574. The summed E-state index contributed by atoms with van der Waals surface area (Å²) < 4.78 is 6.84. The number of para-hydroxylation sites is 2. The van der Waals surface area contributed by atoms with Crippen molar-refractivity contribution in [2.75, 3.05) is 11.9 Å². The number of thioether (sulfide) groups is 1. The molecule has 35 heavy (non-hydrogen) atoms. The van der Waals surface area contributed by atoms with Gasteiger partial charge in [0.25, 0.3) is 5.91 Å². The highest BCUT2D eigenvalue weighted by Gasteiger charge is 2.47. The molecular weight excluding hydrogens is 458 g/mol. The van der Waals surface area contributed by atoms with Gasteiger partial charge in [0.05, 0.1) is 30.1 Å². The Bertz CT molecular complexity index is 1360. The maximum atomic E-state index is 13.5. The number of nitrogens with zero attached hydrogens (tertiary/aromatic N) is 2. The van der Waals surface area contributed by atoms with Crippen molar-refractivity contribution < 1.29 is 14.3 Å². The number of pyridine rings is 1. The topological polar surface area (TPSA) is 73.2 Å². The van der Waals surface area contributed by atoms with Crippen molar-refractivity contribution in [1.29, 1.82) is 0 Å². The number of anilines is 1. The first-order valence-electron chi connectivity index (χ1n) is 11.8. The summed E-state index contributed by atoms with van der Waals surface area (Å²) in [7, 11) is 0. The lowest BCUT2D eigenvalue weighted by atomic mass is 9.84. The Balaban J connectivity index is 1.42. The quantitative estimate of drug-likeness (QED) is 0.314. The smallest absolute Gasteiger partial charge is 0.322 e. The first kappa shape index (κ1) is 23.2. The number of ether oxygens (including phenoxy) is 1. The number of fused-ring (bicyclic) bond motifs is 1. The first-order chi connectivity index (χ1) is 17.1. The van der Waals surface area contributed by atoms with E-state index in [2.05, 4.69) is 14.9 Å². The zero-order valence-electron chi connectivity index (χ0n) is 19.6. The highest BCUT2D eigenvalue weighted by Crippen LogP contribution is 2.50. The van der Waals surface area contributed by atoms with Gasteiger partial charge in [-0.3, -0.25) is 14.6 Å². The Kier molecular flexibility index (Phi) is 6.59. The Morgan fingerprint density at radius 1 is 1.06 bits per heavy atom. The van der Waals surface area contributed by atoms with Gasteiger partial charge in [-0.2, -0.15) is 0 Å². The number of amides is 1. The second-order valence-electron chi connectivity index (χ2n) is 8.63. The molecule has 5 rings (SSSR count). The molecule has 2 aromatic heterocycles. The monoisotopic (exact) mass is 485 g/mol. The van der Waals surface area contributed by atoms with Crippen LogP contribution in [0.5, 0.6) is 0 Å². The number of nitrogens with one attached hydrogen (secondary N) is 1. The Hall–Kier alpha value is -3.58. The molecule has 7 heteroatoms. The summed E-state index contributed by atoms with van der Waals surface area (Å²) in [4.78, 5) is 31.5. The predicted octanol–water partition coefficient (Wildman–Crippen LogP) is 5.91. The minimum Gasteiger partial charge on any atom is -0.465 e. The van der Waals surface area contributed by atoms with Crippen molar-refractivity contribution in [3.63, 3.8) is 0 Å². The molecule has 0 atom stereocenters. The van der Waals surface area contributed by atoms with Crippen LogP contribution in [0, 0.1) is 0 Å². The van der Waals surface area contributed by atoms with Crippen LogP contribution in [0.2, 0.25) is 0 Å². The second kappa shape index (κ2) is 9.96. The molecular formula is C28H27N3O3S. The fourth-order valence-corrected chi connectivity index (χ4v) is 5.82. The molecule has 1 aliphatic rings. The number of carbonyl (C=O) groups excluding carboxylic acids is 2. The van der Waals surface area contributed by atoms with E-state index in [9.17, 15) is 9.59 Å². The normalized spacial score (nSPS) is 14.3. The zero-order valence-corrected chi connectivity index (χ0v) is 20.4. The Morgan fingerprint density at radius 2 is 1.83 bits per heavy atom. The summed E-state index contributed by atoms with van der Waals surface area (Å²) in [6.07, 6.45) is 6.21. The number of benzene rings is 2. The highest BCUT2D eigenvalue weighted by molar-refractivity contribution is 8.01. The van der Waals surface area contributed by atoms with E-state index in [-0.39, 0.29) is 11.9 Å². The van der Waals surface area contributed by atoms with Crippen LogP contribution in [0.4, 0.5) is 5.69 Å². The van der Waals surface area contributed by atoms with Crippen LogP contribution in [0.15, 0.2) is 84.0 Å². The van der Waals surface area contributed by atoms with E-state index in [4.69, 9.17) is 4.74 Å². The molecule has 1 fully saturated rings. The van der Waals surface area contributed by atoms with Crippen molar-refractivity contribution in [1.82, 2.24) is 9.55 Å². The van der Waals surface area contributed by atoms with Crippen molar-refractivity contribution in [3.8, 4) is 0 Å². The van der Waals surface area contributed by atoms with E-state index >= 15 is 0 Å². The molecule has 2 heterocycles. The van der Waals surface area contributed by atoms with Gasteiger partial charge in [0.15, 0.2) is 0 Å². The molecule has 1 saturated carbocycles. The maximum Gasteiger partial charge on any atom is 0.322 e. The minimum absolute atomic E-state index is 0.171. The molecule has 178 valence electrons. The van der Waals surface area contributed by atoms with E-state index in [1.807, 2.05) is 79.9 Å². The van der Waals surface area contributed by atoms with Crippen LogP contribution < -0.4 is 5.32 Å². The maximum absolute atomic E-state index is 13.5. The SMILES string of the molecule is CCOC(=O)C1(Sc2ccccc2NC(=O)c2cn(Cc3ccccn3)c3ccccc23)CCC1. The van der Waals surface area contributed by atoms with Gasteiger partial charge < -0.3 is 14.6 Å². The Morgan fingerprint density at radius 3 is 2.57 bits per heavy atom. The lowest BCUT2D eigenvalue weighted by Gasteiger charge is -2.38. The third kappa shape index (κ3) is 4.68. The van der Waals surface area contributed by atoms with Crippen molar-refractivity contribution in [3.05, 3.63) is 90.4 Å². The van der Waals surface area contributed by atoms with Gasteiger partial charge >= 0.3 is 5.97 Å². The molecule has 1 aliphatic carbocycles. The molecule has 0 saturated heterocycles. The summed E-state index contributed by atoms with van der Waals surface area (Å²) in [5.74, 6) is -0.359. The van der Waals surface area contributed by atoms with Crippen LogP contribution in [-0.4, -0.2) is 32.8 Å². The largest absolute Gasteiger partial charge is 0.465 e. The van der Waals surface area contributed by atoms with Crippen LogP contribution in [0.25, 0.3) is 10.9 Å². The summed E-state index contributed by atoms with van der Waals surface area (Å²) >= 11 is 1.50. The fraction of sp³-hybridized carbons (Fsp3) is 0.250. The average molecular weight is 486 g/mol. The van der Waals surface area contributed by atoms with Crippen LogP contribution in [0.3, 0.4) is 0 Å². The molecule has 0 spiro atoms. The fourth-order valence-electron chi connectivity index (χ4n) is 4.39. The van der Waals surface area contributed by atoms with Gasteiger partial charge in [-0.25, -0.2) is 0 Å². The van der Waals surface area contributed by atoms with Crippen molar-refractivity contribution >= 4 is 40.2 Å². The van der Waals surface area contributed by atoms with E-state index in [0.717, 1.165) is 40.8 Å². The van der Waals surface area contributed by atoms with Gasteiger partial charge in [0, 0.05) is 28.2 Å². The van der Waals surface area contributed by atoms with Crippen LogP contribution in [-0.2, 0) is 16.1 Å². The third-order valence-corrected chi connectivity index (χ3v) is 7.88. The number of aromatic nitrogens is 2. The van der Waals surface area contributed by atoms with E-state index in [1.165, 1.54) is 11.8 Å². The average Bonchev–Trinajstić information content (AvgIpc) is 3.21. The molecule has 4 aromatic rings. The molecule has 2 aromatic carbocycles. The number of hydrogen-bond acceptors (Lipinski definition) is 5. The van der Waals surface area contributed by atoms with Gasteiger partial charge in [0.1, 0.15) is 4.75 Å². The zero-order chi connectivity index (χ0) is 24.3.